The van der Waals surface area contributed by atoms with Gasteiger partial charge in [-0.25, -0.2) is 4.98 Å². The molecule has 0 aliphatic rings. The van der Waals surface area contributed by atoms with Crippen molar-refractivity contribution < 1.29 is 4.74 Å². The lowest BCUT2D eigenvalue weighted by Gasteiger charge is -2.19. The summed E-state index contributed by atoms with van der Waals surface area (Å²) in [7, 11) is 1.72. The van der Waals surface area contributed by atoms with Gasteiger partial charge in [-0.05, 0) is 38.5 Å². The fourth-order valence-corrected chi connectivity index (χ4v) is 2.57. The molecule has 1 aromatic carbocycles. The maximum Gasteiger partial charge on any atom is 0.203 e. The van der Waals surface area contributed by atoms with Gasteiger partial charge in [0.25, 0.3) is 0 Å². The first kappa shape index (κ1) is 16.0. The third-order valence-electron chi connectivity index (χ3n) is 3.45. The third-order valence-corrected chi connectivity index (χ3v) is 3.98. The fourth-order valence-electron chi connectivity index (χ4n) is 2.31. The quantitative estimate of drug-likeness (QED) is 0.841. The van der Waals surface area contributed by atoms with Crippen LogP contribution in [-0.4, -0.2) is 23.3 Å². The molecule has 0 fully saturated rings. The van der Waals surface area contributed by atoms with E-state index in [1.54, 1.807) is 7.11 Å². The average molecular weight is 352 g/mol. The summed E-state index contributed by atoms with van der Waals surface area (Å²) in [5, 5.41) is 3.49. The second-order valence-corrected chi connectivity index (χ2v) is 6.25. The summed E-state index contributed by atoms with van der Waals surface area (Å²) in [6.07, 6.45) is 2.06. The van der Waals surface area contributed by atoms with Gasteiger partial charge in [0, 0.05) is 17.8 Å². The summed E-state index contributed by atoms with van der Waals surface area (Å²) >= 11 is 3.46. The molecule has 21 heavy (non-hydrogen) atoms. The Morgan fingerprint density at radius 2 is 1.95 bits per heavy atom. The third kappa shape index (κ3) is 4.08. The lowest BCUT2D eigenvalue weighted by atomic mass is 10.1. The van der Waals surface area contributed by atoms with Crippen LogP contribution in [0.4, 0.5) is 5.95 Å². The molecular formula is C16H22BrN3O. The molecule has 4 nitrogen and oxygen atoms in total. The number of anilines is 1. The molecule has 1 heterocycles. The topological polar surface area (TPSA) is 39.1 Å². The van der Waals surface area contributed by atoms with Gasteiger partial charge < -0.3 is 14.6 Å². The van der Waals surface area contributed by atoms with Crippen molar-refractivity contribution in [2.75, 3.05) is 19.0 Å². The van der Waals surface area contributed by atoms with E-state index < -0.39 is 0 Å². The maximum absolute atomic E-state index is 5.24. The Morgan fingerprint density at radius 1 is 1.29 bits per heavy atom. The molecule has 1 aromatic heterocycles. The Balaban J connectivity index is 2.17. The van der Waals surface area contributed by atoms with E-state index >= 15 is 0 Å². The Hall–Kier alpha value is -1.33. The van der Waals surface area contributed by atoms with Gasteiger partial charge in [-0.1, -0.05) is 28.1 Å². The second kappa shape index (κ2) is 7.09. The van der Waals surface area contributed by atoms with Gasteiger partial charge in [0.05, 0.1) is 24.4 Å². The number of ether oxygens (including phenoxy) is 1. The number of imidazole rings is 1. The number of aromatic nitrogens is 2. The largest absolute Gasteiger partial charge is 0.383 e. The van der Waals surface area contributed by atoms with Crippen LogP contribution in [0.25, 0.3) is 0 Å². The molecule has 2 aromatic rings. The minimum Gasteiger partial charge on any atom is -0.383 e. The van der Waals surface area contributed by atoms with Crippen LogP contribution in [0.2, 0.25) is 0 Å². The van der Waals surface area contributed by atoms with E-state index in [0.717, 1.165) is 16.1 Å². The lowest BCUT2D eigenvalue weighted by molar-refractivity contribution is 0.163. The van der Waals surface area contributed by atoms with Crippen LogP contribution >= 0.6 is 15.9 Å². The first-order valence-electron chi connectivity index (χ1n) is 7.07. The van der Waals surface area contributed by atoms with Crippen LogP contribution in [0.5, 0.6) is 0 Å². The summed E-state index contributed by atoms with van der Waals surface area (Å²) in [6.45, 7) is 6.93. The van der Waals surface area contributed by atoms with Gasteiger partial charge in [0.1, 0.15) is 0 Å². The number of nitrogens with one attached hydrogen (secondary N) is 1. The van der Waals surface area contributed by atoms with Gasteiger partial charge in [0.2, 0.25) is 5.95 Å². The Labute approximate surface area is 134 Å². The summed E-state index contributed by atoms with van der Waals surface area (Å²) in [5.74, 6) is 0.882. The minimum atomic E-state index is 0.188. The number of hydrogen-bond acceptors (Lipinski definition) is 3. The monoisotopic (exact) mass is 351 g/mol. The lowest BCUT2D eigenvalue weighted by Crippen LogP contribution is -2.16. The van der Waals surface area contributed by atoms with Crippen molar-refractivity contribution in [1.82, 2.24) is 9.55 Å². The standard InChI is InChI=1S/C16H22BrN3O/c1-11-9-20(12(2)10-21-4)16(18-11)19-13(3)14-5-7-15(17)8-6-14/h5-9,12-13H,10H2,1-4H3,(H,18,19). The zero-order chi connectivity index (χ0) is 15.4. The SMILES string of the molecule is COCC(C)n1cc(C)nc1NC(C)c1ccc(Br)cc1. The molecule has 0 bridgehead atoms. The molecule has 114 valence electrons. The number of nitrogens with zero attached hydrogens (tertiary/aromatic N) is 2. The highest BCUT2D eigenvalue weighted by Crippen LogP contribution is 2.23. The molecule has 0 saturated carbocycles. The molecule has 0 radical (unpaired) electrons. The van der Waals surface area contributed by atoms with Crippen molar-refractivity contribution in [2.45, 2.75) is 32.9 Å². The van der Waals surface area contributed by atoms with Crippen molar-refractivity contribution in [1.29, 1.82) is 0 Å². The summed E-state index contributed by atoms with van der Waals surface area (Å²) in [6, 6.07) is 8.77. The predicted molar refractivity (Wildman–Crippen MR) is 89.7 cm³/mol. The van der Waals surface area contributed by atoms with Crippen LogP contribution in [0.15, 0.2) is 34.9 Å². The van der Waals surface area contributed by atoms with Gasteiger partial charge in [-0.2, -0.15) is 0 Å². The summed E-state index contributed by atoms with van der Waals surface area (Å²) < 4.78 is 8.46. The van der Waals surface area contributed by atoms with Crippen LogP contribution in [-0.2, 0) is 4.74 Å². The maximum atomic E-state index is 5.24. The fraction of sp³-hybridized carbons (Fsp3) is 0.438. The molecule has 0 amide bonds. The predicted octanol–water partition coefficient (Wildman–Crippen LogP) is 4.33. The first-order chi connectivity index (χ1) is 10.0. The Kier molecular flexibility index (Phi) is 5.42. The molecule has 0 spiro atoms. The molecule has 0 aliphatic carbocycles. The van der Waals surface area contributed by atoms with E-state index in [2.05, 4.69) is 75.1 Å². The number of methoxy groups -OCH3 is 1. The van der Waals surface area contributed by atoms with Gasteiger partial charge >= 0.3 is 0 Å². The van der Waals surface area contributed by atoms with E-state index in [1.165, 1.54) is 5.56 Å². The van der Waals surface area contributed by atoms with Crippen LogP contribution in [0.1, 0.15) is 37.2 Å². The highest BCUT2D eigenvalue weighted by molar-refractivity contribution is 9.10. The van der Waals surface area contributed by atoms with E-state index in [9.17, 15) is 0 Å². The molecule has 0 aliphatic heterocycles. The highest BCUT2D eigenvalue weighted by atomic mass is 79.9. The van der Waals surface area contributed by atoms with Crippen LogP contribution in [0, 0.1) is 6.92 Å². The van der Waals surface area contributed by atoms with Crippen LogP contribution < -0.4 is 5.32 Å². The second-order valence-electron chi connectivity index (χ2n) is 5.34. The molecule has 2 atom stereocenters. The molecule has 0 saturated heterocycles. The molecular weight excluding hydrogens is 330 g/mol. The molecule has 5 heteroatoms. The van der Waals surface area contributed by atoms with Gasteiger partial charge in [-0.3, -0.25) is 0 Å². The summed E-state index contributed by atoms with van der Waals surface area (Å²) in [5.41, 5.74) is 2.23. The normalized spacial score (nSPS) is 14.0. The highest BCUT2D eigenvalue weighted by Gasteiger charge is 2.14. The first-order valence-corrected chi connectivity index (χ1v) is 7.87. The summed E-state index contributed by atoms with van der Waals surface area (Å²) in [4.78, 5) is 4.58. The average Bonchev–Trinajstić information content (AvgIpc) is 2.80. The van der Waals surface area contributed by atoms with Crippen molar-refractivity contribution in [2.24, 2.45) is 0 Å². The number of hydrogen-bond donors (Lipinski definition) is 1. The molecule has 1 N–H and O–H groups in total. The van der Waals surface area contributed by atoms with Gasteiger partial charge in [-0.15, -0.1) is 0 Å². The number of rotatable bonds is 6. The van der Waals surface area contributed by atoms with E-state index in [-0.39, 0.29) is 12.1 Å². The smallest absolute Gasteiger partial charge is 0.203 e. The van der Waals surface area contributed by atoms with Crippen LogP contribution in [0.3, 0.4) is 0 Å². The van der Waals surface area contributed by atoms with Gasteiger partial charge in [0.15, 0.2) is 0 Å². The van der Waals surface area contributed by atoms with Crippen molar-refractivity contribution in [3.8, 4) is 0 Å². The van der Waals surface area contributed by atoms with E-state index in [4.69, 9.17) is 4.74 Å². The Bertz CT molecular complexity index is 580. The minimum absolute atomic E-state index is 0.188. The zero-order valence-electron chi connectivity index (χ0n) is 12.9. The van der Waals surface area contributed by atoms with Crippen molar-refractivity contribution in [3.05, 3.63) is 46.2 Å². The number of benzene rings is 1. The molecule has 2 rings (SSSR count). The van der Waals surface area contributed by atoms with E-state index in [1.807, 2.05) is 6.92 Å². The number of halogens is 1. The molecule has 2 unspecified atom stereocenters. The Morgan fingerprint density at radius 3 is 2.57 bits per heavy atom. The van der Waals surface area contributed by atoms with E-state index in [0.29, 0.717) is 6.61 Å². The van der Waals surface area contributed by atoms with Crippen molar-refractivity contribution in [3.63, 3.8) is 0 Å². The zero-order valence-corrected chi connectivity index (χ0v) is 14.5. The number of aryl methyl sites for hydroxylation is 1. The van der Waals surface area contributed by atoms with Crippen molar-refractivity contribution >= 4 is 21.9 Å².